The molecule has 0 N–H and O–H groups in total. The van der Waals surface area contributed by atoms with E-state index in [9.17, 15) is 0 Å². The zero-order valence-electron chi connectivity index (χ0n) is 9.56. The van der Waals surface area contributed by atoms with Crippen LogP contribution in [0.1, 0.15) is 18.9 Å². The average molecular weight is 233 g/mol. The molecule has 16 heavy (non-hydrogen) atoms. The molecule has 0 saturated carbocycles. The Bertz CT molecular complexity index is 447. The van der Waals surface area contributed by atoms with Gasteiger partial charge in [0.2, 0.25) is 0 Å². The molecule has 0 aliphatic heterocycles. The number of thiazole rings is 1. The molecule has 0 aliphatic rings. The number of aromatic nitrogens is 1. The molecule has 1 heterocycles. The number of hydrogen-bond donors (Lipinski definition) is 0. The summed E-state index contributed by atoms with van der Waals surface area (Å²) < 4.78 is 5.41. The van der Waals surface area contributed by atoms with E-state index in [1.165, 1.54) is 15.4 Å². The van der Waals surface area contributed by atoms with Crippen LogP contribution in [0.3, 0.4) is 0 Å². The van der Waals surface area contributed by atoms with Crippen molar-refractivity contribution in [3.63, 3.8) is 0 Å². The van der Waals surface area contributed by atoms with Crippen LogP contribution in [-0.4, -0.2) is 11.6 Å². The minimum atomic E-state index is 0.708. The van der Waals surface area contributed by atoms with E-state index >= 15 is 0 Å². The van der Waals surface area contributed by atoms with Gasteiger partial charge in [-0.2, -0.15) is 0 Å². The molecule has 2 aromatic rings. The lowest BCUT2D eigenvalue weighted by atomic mass is 10.2. The smallest absolute Gasteiger partial charge is 0.119 e. The Kier molecular flexibility index (Phi) is 3.57. The summed E-state index contributed by atoms with van der Waals surface area (Å²) in [6.45, 7) is 4.82. The molecule has 1 aromatic heterocycles. The lowest BCUT2D eigenvalue weighted by Gasteiger charge is -2.03. The van der Waals surface area contributed by atoms with Gasteiger partial charge in [0.05, 0.1) is 16.5 Å². The summed E-state index contributed by atoms with van der Waals surface area (Å²) >= 11 is 1.75. The van der Waals surface area contributed by atoms with Gasteiger partial charge in [0.1, 0.15) is 5.75 Å². The minimum absolute atomic E-state index is 0.708. The highest BCUT2D eigenvalue weighted by molar-refractivity contribution is 7.15. The van der Waals surface area contributed by atoms with Crippen molar-refractivity contribution in [3.8, 4) is 16.2 Å². The lowest BCUT2D eigenvalue weighted by molar-refractivity contribution is 0.340. The van der Waals surface area contributed by atoms with Crippen molar-refractivity contribution in [1.82, 2.24) is 4.98 Å². The molecule has 0 spiro atoms. The summed E-state index contributed by atoms with van der Waals surface area (Å²) in [6.07, 6.45) is 2.95. The summed E-state index contributed by atoms with van der Waals surface area (Å²) in [5, 5.41) is 1.18. The highest BCUT2D eigenvalue weighted by Gasteiger charge is 2.03. The zero-order chi connectivity index (χ0) is 11.4. The number of benzene rings is 1. The quantitative estimate of drug-likeness (QED) is 0.802. The van der Waals surface area contributed by atoms with Gasteiger partial charge in [0.15, 0.2) is 0 Å². The van der Waals surface area contributed by atoms with E-state index in [4.69, 9.17) is 4.74 Å². The van der Waals surface area contributed by atoms with Crippen LogP contribution in [0.5, 0.6) is 5.75 Å². The molecule has 3 heteroatoms. The molecular weight excluding hydrogens is 218 g/mol. The largest absolute Gasteiger partial charge is 0.494 e. The van der Waals surface area contributed by atoms with Gasteiger partial charge in [-0.05, 0) is 43.2 Å². The van der Waals surface area contributed by atoms with Crippen LogP contribution in [0.15, 0.2) is 30.5 Å². The van der Waals surface area contributed by atoms with E-state index in [0.29, 0.717) is 6.61 Å². The van der Waals surface area contributed by atoms with Crippen LogP contribution in [0.4, 0.5) is 0 Å². The van der Waals surface area contributed by atoms with Crippen molar-refractivity contribution in [1.29, 1.82) is 0 Å². The molecule has 0 atom stereocenters. The van der Waals surface area contributed by atoms with Crippen LogP contribution in [0, 0.1) is 0 Å². The van der Waals surface area contributed by atoms with E-state index in [1.807, 2.05) is 25.3 Å². The predicted molar refractivity (Wildman–Crippen MR) is 68.1 cm³/mol. The number of hydrogen-bond acceptors (Lipinski definition) is 3. The third kappa shape index (κ3) is 2.42. The molecular formula is C13H15NOS. The van der Waals surface area contributed by atoms with Crippen molar-refractivity contribution in [2.24, 2.45) is 0 Å². The maximum Gasteiger partial charge on any atom is 0.119 e. The Morgan fingerprint density at radius 1 is 1.19 bits per heavy atom. The van der Waals surface area contributed by atoms with Gasteiger partial charge in [-0.15, -0.1) is 11.3 Å². The first kappa shape index (κ1) is 11.1. The van der Waals surface area contributed by atoms with Gasteiger partial charge >= 0.3 is 0 Å². The first-order valence-corrected chi connectivity index (χ1v) is 6.33. The van der Waals surface area contributed by atoms with E-state index in [-0.39, 0.29) is 0 Å². The number of rotatable bonds is 4. The first-order valence-electron chi connectivity index (χ1n) is 5.51. The molecule has 0 fully saturated rings. The van der Waals surface area contributed by atoms with Crippen molar-refractivity contribution in [3.05, 3.63) is 35.5 Å². The van der Waals surface area contributed by atoms with E-state index < -0.39 is 0 Å². The monoisotopic (exact) mass is 233 g/mol. The van der Waals surface area contributed by atoms with Crippen LogP contribution >= 0.6 is 11.3 Å². The van der Waals surface area contributed by atoms with Crippen LogP contribution < -0.4 is 4.74 Å². The molecule has 0 radical (unpaired) electrons. The Labute approximate surface area is 99.9 Å². The fraction of sp³-hybridized carbons (Fsp3) is 0.308. The Hall–Kier alpha value is -1.35. The Balaban J connectivity index is 2.20. The second-order valence-electron chi connectivity index (χ2n) is 3.43. The highest BCUT2D eigenvalue weighted by atomic mass is 32.1. The third-order valence-corrected chi connectivity index (χ3v) is 3.50. The standard InChI is InChI=1S/C13H15NOS/c1-3-13-14-9-12(16-13)10-5-7-11(8-6-10)15-4-2/h5-9H,3-4H2,1-2H3. The summed E-state index contributed by atoms with van der Waals surface area (Å²) in [6, 6.07) is 8.17. The molecule has 0 aliphatic carbocycles. The summed E-state index contributed by atoms with van der Waals surface area (Å²) in [5.74, 6) is 0.923. The molecule has 2 nitrogen and oxygen atoms in total. The summed E-state index contributed by atoms with van der Waals surface area (Å²) in [7, 11) is 0. The van der Waals surface area contributed by atoms with Gasteiger partial charge in [-0.25, -0.2) is 4.98 Å². The van der Waals surface area contributed by atoms with Crippen molar-refractivity contribution < 1.29 is 4.74 Å². The molecule has 0 saturated heterocycles. The van der Waals surface area contributed by atoms with Crippen LogP contribution in [-0.2, 0) is 6.42 Å². The average Bonchev–Trinajstić information content (AvgIpc) is 2.79. The SMILES string of the molecule is CCOc1ccc(-c2cnc(CC)s2)cc1. The van der Waals surface area contributed by atoms with E-state index in [0.717, 1.165) is 12.2 Å². The number of aryl methyl sites for hydroxylation is 1. The van der Waals surface area contributed by atoms with Crippen LogP contribution in [0.25, 0.3) is 10.4 Å². The summed E-state index contributed by atoms with van der Waals surface area (Å²) in [5.41, 5.74) is 1.21. The second kappa shape index (κ2) is 5.12. The Morgan fingerprint density at radius 3 is 2.50 bits per heavy atom. The van der Waals surface area contributed by atoms with E-state index in [2.05, 4.69) is 24.0 Å². The predicted octanol–water partition coefficient (Wildman–Crippen LogP) is 3.77. The highest BCUT2D eigenvalue weighted by Crippen LogP contribution is 2.27. The van der Waals surface area contributed by atoms with Crippen molar-refractivity contribution in [2.75, 3.05) is 6.61 Å². The molecule has 0 bridgehead atoms. The van der Waals surface area contributed by atoms with Gasteiger partial charge < -0.3 is 4.74 Å². The van der Waals surface area contributed by atoms with Gasteiger partial charge in [-0.1, -0.05) is 6.92 Å². The van der Waals surface area contributed by atoms with Crippen molar-refractivity contribution >= 4 is 11.3 Å². The number of ether oxygens (including phenoxy) is 1. The van der Waals surface area contributed by atoms with Gasteiger partial charge in [0, 0.05) is 6.20 Å². The third-order valence-electron chi connectivity index (χ3n) is 2.31. The second-order valence-corrected chi connectivity index (χ2v) is 4.54. The summed E-state index contributed by atoms with van der Waals surface area (Å²) in [4.78, 5) is 5.58. The lowest BCUT2D eigenvalue weighted by Crippen LogP contribution is -1.90. The maximum atomic E-state index is 5.41. The molecule has 1 aromatic carbocycles. The van der Waals surface area contributed by atoms with Crippen LogP contribution in [0.2, 0.25) is 0 Å². The van der Waals surface area contributed by atoms with Gasteiger partial charge in [-0.3, -0.25) is 0 Å². The molecule has 0 amide bonds. The fourth-order valence-electron chi connectivity index (χ4n) is 1.49. The Morgan fingerprint density at radius 2 is 1.94 bits per heavy atom. The number of nitrogens with zero attached hydrogens (tertiary/aromatic N) is 1. The molecule has 2 rings (SSSR count). The maximum absolute atomic E-state index is 5.41. The normalized spacial score (nSPS) is 10.4. The molecule has 0 unspecified atom stereocenters. The fourth-order valence-corrected chi connectivity index (χ4v) is 2.35. The van der Waals surface area contributed by atoms with E-state index in [1.54, 1.807) is 11.3 Å². The van der Waals surface area contributed by atoms with Crippen molar-refractivity contribution in [2.45, 2.75) is 20.3 Å². The topological polar surface area (TPSA) is 22.1 Å². The molecule has 84 valence electrons. The first-order chi connectivity index (χ1) is 7.83. The van der Waals surface area contributed by atoms with Gasteiger partial charge in [0.25, 0.3) is 0 Å². The zero-order valence-corrected chi connectivity index (χ0v) is 10.4. The minimum Gasteiger partial charge on any atom is -0.494 e.